The number of unbranched alkanes of at least 4 members (excludes halogenated alkanes) is 1. The van der Waals surface area contributed by atoms with E-state index in [9.17, 15) is 24.0 Å². The Hall–Kier alpha value is -5.16. The first-order valence-corrected chi connectivity index (χ1v) is 15.1. The van der Waals surface area contributed by atoms with Crippen LogP contribution in [0.15, 0.2) is 77.5 Å². The number of benzene rings is 2. The number of hydrogen-bond acceptors (Lipinski definition) is 8. The second-order valence-electron chi connectivity index (χ2n) is 11.2. The molecule has 5 amide bonds. The lowest BCUT2D eigenvalue weighted by atomic mass is 9.98. The average molecular weight is 608 g/mol. The summed E-state index contributed by atoms with van der Waals surface area (Å²) in [7, 11) is 0. The highest BCUT2D eigenvalue weighted by Crippen LogP contribution is 2.31. The Labute approximate surface area is 259 Å². The molecule has 6 rings (SSSR count). The van der Waals surface area contributed by atoms with Crippen molar-refractivity contribution < 1.29 is 28.4 Å². The summed E-state index contributed by atoms with van der Waals surface area (Å²) in [6, 6.07) is 17.6. The van der Waals surface area contributed by atoms with Gasteiger partial charge < -0.3 is 15.1 Å². The molecule has 0 spiro atoms. The lowest BCUT2D eigenvalue weighted by Gasteiger charge is -2.27. The predicted octanol–water partition coefficient (Wildman–Crippen LogP) is 3.44. The molecule has 2 aliphatic rings. The Balaban J connectivity index is 0.981. The van der Waals surface area contributed by atoms with Gasteiger partial charge in [0.2, 0.25) is 17.7 Å². The molecule has 230 valence electrons. The minimum Gasteiger partial charge on any atom is -0.459 e. The SMILES string of the molecule is O=C(CCCCc1cccc2c1C(=O)N(C1CCC(=O)NC1=O)C2=O)NCCNC(c1cccnc1)c1cc2ccccc2o1. The van der Waals surface area contributed by atoms with Gasteiger partial charge in [0, 0.05) is 43.7 Å². The molecule has 4 heterocycles. The number of carbonyl (C=O) groups is 5. The summed E-state index contributed by atoms with van der Waals surface area (Å²) >= 11 is 0. The van der Waals surface area contributed by atoms with E-state index in [0.717, 1.165) is 27.2 Å². The number of furan rings is 1. The molecule has 11 nitrogen and oxygen atoms in total. The predicted molar refractivity (Wildman–Crippen MR) is 164 cm³/mol. The van der Waals surface area contributed by atoms with Crippen molar-refractivity contribution in [1.82, 2.24) is 25.8 Å². The first kappa shape index (κ1) is 29.9. The number of hydrogen-bond donors (Lipinski definition) is 3. The van der Waals surface area contributed by atoms with E-state index in [-0.39, 0.29) is 30.4 Å². The second-order valence-corrected chi connectivity index (χ2v) is 11.2. The van der Waals surface area contributed by atoms with E-state index in [0.29, 0.717) is 49.9 Å². The van der Waals surface area contributed by atoms with Crippen molar-refractivity contribution >= 4 is 40.5 Å². The van der Waals surface area contributed by atoms with Gasteiger partial charge in [-0.25, -0.2) is 0 Å². The fourth-order valence-electron chi connectivity index (χ4n) is 5.98. The summed E-state index contributed by atoms with van der Waals surface area (Å²) in [4.78, 5) is 68.0. The summed E-state index contributed by atoms with van der Waals surface area (Å²) in [5.41, 5.74) is 3.03. The maximum atomic E-state index is 13.3. The molecular formula is C34H33N5O6. The number of pyridine rings is 1. The Morgan fingerprint density at radius 3 is 2.67 bits per heavy atom. The zero-order valence-corrected chi connectivity index (χ0v) is 24.6. The van der Waals surface area contributed by atoms with E-state index >= 15 is 0 Å². The number of nitrogens with zero attached hydrogens (tertiary/aromatic N) is 2. The van der Waals surface area contributed by atoms with Crippen molar-refractivity contribution in [2.75, 3.05) is 13.1 Å². The van der Waals surface area contributed by atoms with Crippen molar-refractivity contribution in [1.29, 1.82) is 0 Å². The van der Waals surface area contributed by atoms with Crippen LogP contribution in [-0.2, 0) is 20.8 Å². The number of imide groups is 2. The van der Waals surface area contributed by atoms with Crippen molar-refractivity contribution in [3.05, 3.63) is 101 Å². The van der Waals surface area contributed by atoms with Crippen molar-refractivity contribution in [3.8, 4) is 0 Å². The molecule has 0 radical (unpaired) electrons. The molecule has 2 unspecified atom stereocenters. The first-order chi connectivity index (χ1) is 21.9. The zero-order chi connectivity index (χ0) is 31.3. The quantitative estimate of drug-likeness (QED) is 0.164. The van der Waals surface area contributed by atoms with Gasteiger partial charge in [-0.3, -0.25) is 39.2 Å². The largest absolute Gasteiger partial charge is 0.459 e. The third-order valence-electron chi connectivity index (χ3n) is 8.20. The molecule has 1 saturated heterocycles. The molecule has 2 aliphatic heterocycles. The third-order valence-corrected chi connectivity index (χ3v) is 8.20. The van der Waals surface area contributed by atoms with Gasteiger partial charge in [-0.2, -0.15) is 0 Å². The molecule has 4 aromatic rings. The van der Waals surface area contributed by atoms with Crippen molar-refractivity contribution in [2.45, 2.75) is 50.6 Å². The molecule has 0 bridgehead atoms. The van der Waals surface area contributed by atoms with Crippen LogP contribution in [0.4, 0.5) is 0 Å². The number of aryl methyl sites for hydroxylation is 1. The van der Waals surface area contributed by atoms with E-state index in [4.69, 9.17) is 4.42 Å². The van der Waals surface area contributed by atoms with Crippen LogP contribution < -0.4 is 16.0 Å². The van der Waals surface area contributed by atoms with Gasteiger partial charge in [-0.1, -0.05) is 36.4 Å². The minimum atomic E-state index is -1.00. The molecule has 2 atom stereocenters. The van der Waals surface area contributed by atoms with Crippen LogP contribution in [-0.4, -0.2) is 58.6 Å². The molecule has 0 aliphatic carbocycles. The Morgan fingerprint density at radius 2 is 1.87 bits per heavy atom. The summed E-state index contributed by atoms with van der Waals surface area (Å²) in [6.07, 6.45) is 5.75. The van der Waals surface area contributed by atoms with Crippen LogP contribution in [0.25, 0.3) is 11.0 Å². The highest BCUT2D eigenvalue weighted by atomic mass is 16.3. The highest BCUT2D eigenvalue weighted by molar-refractivity contribution is 6.24. The normalized spacial score (nSPS) is 17.0. The lowest BCUT2D eigenvalue weighted by molar-refractivity contribution is -0.136. The highest BCUT2D eigenvalue weighted by Gasteiger charge is 2.45. The van der Waals surface area contributed by atoms with Crippen molar-refractivity contribution in [3.63, 3.8) is 0 Å². The molecule has 3 N–H and O–H groups in total. The summed E-state index contributed by atoms with van der Waals surface area (Å²) in [6.45, 7) is 0.938. The first-order valence-electron chi connectivity index (χ1n) is 15.1. The van der Waals surface area contributed by atoms with Crippen molar-refractivity contribution in [2.24, 2.45) is 0 Å². The zero-order valence-electron chi connectivity index (χ0n) is 24.6. The minimum absolute atomic E-state index is 0.0706. The van der Waals surface area contributed by atoms with E-state index in [2.05, 4.69) is 20.9 Å². The molecule has 2 aromatic heterocycles. The van der Waals surface area contributed by atoms with Crippen LogP contribution >= 0.6 is 0 Å². The van der Waals surface area contributed by atoms with Gasteiger partial charge in [-0.15, -0.1) is 0 Å². The monoisotopic (exact) mass is 607 g/mol. The number of piperidine rings is 1. The fraction of sp³-hybridized carbons (Fsp3) is 0.294. The molecule has 1 fully saturated rings. The Morgan fingerprint density at radius 1 is 1.00 bits per heavy atom. The van der Waals surface area contributed by atoms with Gasteiger partial charge in [0.1, 0.15) is 17.4 Å². The summed E-state index contributed by atoms with van der Waals surface area (Å²) < 4.78 is 6.10. The second kappa shape index (κ2) is 13.2. The number of carbonyl (C=O) groups excluding carboxylic acids is 5. The van der Waals surface area contributed by atoms with E-state index in [1.54, 1.807) is 30.6 Å². The summed E-state index contributed by atoms with van der Waals surface area (Å²) in [5, 5.41) is 9.65. The average Bonchev–Trinajstić information content (AvgIpc) is 3.58. The van der Waals surface area contributed by atoms with Crippen LogP contribution in [0, 0.1) is 0 Å². The number of rotatable bonds is 12. The molecule has 45 heavy (non-hydrogen) atoms. The lowest BCUT2D eigenvalue weighted by Crippen LogP contribution is -2.54. The maximum absolute atomic E-state index is 13.3. The molecular weight excluding hydrogens is 574 g/mol. The van der Waals surface area contributed by atoms with Crippen LogP contribution in [0.1, 0.15) is 75.7 Å². The Kier molecular flexibility index (Phi) is 8.79. The van der Waals surface area contributed by atoms with Gasteiger partial charge >= 0.3 is 0 Å². The summed E-state index contributed by atoms with van der Waals surface area (Å²) in [5.74, 6) is -1.39. The van der Waals surface area contributed by atoms with Gasteiger partial charge in [0.25, 0.3) is 11.8 Å². The van der Waals surface area contributed by atoms with Crippen LogP contribution in [0.2, 0.25) is 0 Å². The number of aromatic nitrogens is 1. The number of fused-ring (bicyclic) bond motifs is 2. The van der Waals surface area contributed by atoms with Gasteiger partial charge in [-0.05, 0) is 61.1 Å². The fourth-order valence-corrected chi connectivity index (χ4v) is 5.98. The number of amides is 5. The van der Waals surface area contributed by atoms with E-state index in [1.165, 1.54) is 0 Å². The van der Waals surface area contributed by atoms with E-state index in [1.807, 2.05) is 42.5 Å². The number of para-hydroxylation sites is 1. The molecule has 0 saturated carbocycles. The van der Waals surface area contributed by atoms with Crippen LogP contribution in [0.5, 0.6) is 0 Å². The van der Waals surface area contributed by atoms with Crippen LogP contribution in [0.3, 0.4) is 0 Å². The van der Waals surface area contributed by atoms with E-state index < -0.39 is 29.7 Å². The smallest absolute Gasteiger partial charge is 0.262 e. The molecule has 11 heteroatoms. The van der Waals surface area contributed by atoms with Gasteiger partial charge in [0.15, 0.2) is 0 Å². The third kappa shape index (κ3) is 6.39. The Bertz CT molecular complexity index is 1730. The maximum Gasteiger partial charge on any atom is 0.262 e. The topological polar surface area (TPSA) is 151 Å². The number of nitrogens with one attached hydrogen (secondary N) is 3. The van der Waals surface area contributed by atoms with Gasteiger partial charge in [0.05, 0.1) is 17.2 Å². The molecule has 2 aromatic carbocycles. The standard InChI is InChI=1S/C34H33N5O6/c40-28(36-17-18-37-31(23-10-6-16-35-20-23)27-19-22-8-1-3-12-26(22)45-27)13-4-2-7-21-9-5-11-24-30(21)34(44)39(33(24)43)25-14-15-29(41)38-32(25)42/h1,3,5-6,8-12,16,19-20,25,31,37H,2,4,7,13-15,17-18H2,(H,36,40)(H,38,41,42).